The van der Waals surface area contributed by atoms with Crippen LogP contribution in [0.4, 0.5) is 22.0 Å². The Balaban J connectivity index is 2.05. The van der Waals surface area contributed by atoms with Gasteiger partial charge in [-0.15, -0.1) is 5.10 Å². The normalized spacial score (nSPS) is 15.0. The highest BCUT2D eigenvalue weighted by Crippen LogP contribution is 2.38. The fourth-order valence-electron chi connectivity index (χ4n) is 2.21. The molecule has 6 nitrogen and oxygen atoms in total. The first-order chi connectivity index (χ1) is 11.8. The lowest BCUT2D eigenvalue weighted by molar-refractivity contribution is -0.137. The topological polar surface area (TPSA) is 68.5 Å². The molecule has 1 aliphatic rings. The molecule has 0 aliphatic carbocycles. The highest BCUT2D eigenvalue weighted by Gasteiger charge is 2.35. The van der Waals surface area contributed by atoms with Crippen molar-refractivity contribution >= 4 is 11.8 Å². The first-order valence-corrected chi connectivity index (χ1v) is 6.79. The van der Waals surface area contributed by atoms with Gasteiger partial charge in [-0.2, -0.15) is 27.1 Å². The number of hydrogen-bond acceptors (Lipinski definition) is 4. The molecule has 2 heterocycles. The smallest absolute Gasteiger partial charge is 0.417 e. The molecule has 25 heavy (non-hydrogen) atoms. The van der Waals surface area contributed by atoms with Crippen LogP contribution in [0.15, 0.2) is 35.7 Å². The number of hydrogen-bond donors (Lipinski definition) is 1. The fourth-order valence-corrected chi connectivity index (χ4v) is 2.21. The van der Waals surface area contributed by atoms with Crippen LogP contribution in [0.1, 0.15) is 17.7 Å². The van der Waals surface area contributed by atoms with Crippen LogP contribution in [0, 0.1) is 0 Å². The van der Waals surface area contributed by atoms with Crippen LogP contribution in [0.25, 0.3) is 11.1 Å². The first kappa shape index (κ1) is 16.9. The SMILES string of the molecule is O=C1COC(c2ccc(-c3cnn(C(F)F)c3)c(C(F)(F)F)c2)=NN1. The molecule has 0 radical (unpaired) electrons. The van der Waals surface area contributed by atoms with E-state index in [4.69, 9.17) is 4.74 Å². The maximum atomic E-state index is 13.4. The van der Waals surface area contributed by atoms with E-state index in [9.17, 15) is 26.7 Å². The van der Waals surface area contributed by atoms with Crippen molar-refractivity contribution in [1.29, 1.82) is 0 Å². The van der Waals surface area contributed by atoms with Gasteiger partial charge in [-0.25, -0.2) is 10.1 Å². The molecule has 0 saturated heterocycles. The molecule has 0 bridgehead atoms. The number of hydrazone groups is 1. The predicted octanol–water partition coefficient (Wildman–Crippen LogP) is 2.77. The Morgan fingerprint density at radius 2 is 2.00 bits per heavy atom. The van der Waals surface area contributed by atoms with Gasteiger partial charge in [-0.05, 0) is 17.7 Å². The Labute approximate surface area is 136 Å². The van der Waals surface area contributed by atoms with E-state index in [0.29, 0.717) is 0 Å². The fraction of sp³-hybridized carbons (Fsp3) is 0.214. The number of halogens is 5. The van der Waals surface area contributed by atoms with Crippen molar-refractivity contribution in [2.45, 2.75) is 12.7 Å². The van der Waals surface area contributed by atoms with E-state index in [0.717, 1.165) is 24.5 Å². The number of nitrogens with one attached hydrogen (secondary N) is 1. The summed E-state index contributed by atoms with van der Waals surface area (Å²) in [5.74, 6) is -0.712. The molecule has 3 rings (SSSR count). The van der Waals surface area contributed by atoms with Crippen molar-refractivity contribution in [3.05, 3.63) is 41.7 Å². The highest BCUT2D eigenvalue weighted by atomic mass is 19.4. The molecule has 1 N–H and O–H groups in total. The van der Waals surface area contributed by atoms with Crippen molar-refractivity contribution in [3.8, 4) is 11.1 Å². The van der Waals surface area contributed by atoms with Crippen molar-refractivity contribution in [2.24, 2.45) is 5.10 Å². The molecule has 0 unspecified atom stereocenters. The van der Waals surface area contributed by atoms with Gasteiger partial charge < -0.3 is 4.74 Å². The average Bonchev–Trinajstić information content (AvgIpc) is 3.04. The summed E-state index contributed by atoms with van der Waals surface area (Å²) in [5.41, 5.74) is 0.585. The second-order valence-electron chi connectivity index (χ2n) is 4.99. The van der Waals surface area contributed by atoms with Crippen LogP contribution in [-0.4, -0.2) is 28.2 Å². The summed E-state index contributed by atoms with van der Waals surface area (Å²) in [5, 5.41) is 6.88. The zero-order valence-electron chi connectivity index (χ0n) is 12.2. The van der Waals surface area contributed by atoms with Crippen LogP contribution in [0.5, 0.6) is 0 Å². The molecule has 11 heteroatoms. The van der Waals surface area contributed by atoms with Gasteiger partial charge in [0.05, 0.1) is 11.8 Å². The van der Waals surface area contributed by atoms with Crippen LogP contribution in [-0.2, 0) is 15.7 Å². The summed E-state index contributed by atoms with van der Waals surface area (Å²) in [4.78, 5) is 11.0. The molecule has 1 aromatic heterocycles. The summed E-state index contributed by atoms with van der Waals surface area (Å²) in [7, 11) is 0. The molecule has 0 atom stereocenters. The summed E-state index contributed by atoms with van der Waals surface area (Å²) >= 11 is 0. The summed E-state index contributed by atoms with van der Waals surface area (Å²) in [6, 6.07) is 3.15. The number of rotatable bonds is 3. The number of carbonyl (C=O) groups excluding carboxylic acids is 1. The number of ether oxygens (including phenoxy) is 1. The first-order valence-electron chi connectivity index (χ1n) is 6.79. The molecule has 0 spiro atoms. The van der Waals surface area contributed by atoms with Crippen molar-refractivity contribution in [2.75, 3.05) is 6.61 Å². The lowest BCUT2D eigenvalue weighted by atomic mass is 9.99. The number of alkyl halides is 5. The molecule has 1 aromatic carbocycles. The molecular weight excluding hydrogens is 351 g/mol. The summed E-state index contributed by atoms with van der Waals surface area (Å²) in [6.45, 7) is -3.33. The molecule has 0 fully saturated rings. The lowest BCUT2D eigenvalue weighted by Gasteiger charge is -2.17. The third-order valence-corrected chi connectivity index (χ3v) is 3.31. The minimum atomic E-state index is -4.75. The van der Waals surface area contributed by atoms with E-state index in [2.05, 4.69) is 15.6 Å². The second kappa shape index (κ2) is 6.15. The molecule has 2 aromatic rings. The van der Waals surface area contributed by atoms with Crippen LogP contribution < -0.4 is 5.43 Å². The maximum Gasteiger partial charge on any atom is 0.417 e. The number of benzene rings is 1. The highest BCUT2D eigenvalue weighted by molar-refractivity contribution is 5.98. The van der Waals surface area contributed by atoms with Crippen LogP contribution >= 0.6 is 0 Å². The van der Waals surface area contributed by atoms with Crippen molar-refractivity contribution < 1.29 is 31.5 Å². The molecule has 1 amide bonds. The zero-order chi connectivity index (χ0) is 18.2. The van der Waals surface area contributed by atoms with E-state index >= 15 is 0 Å². The van der Waals surface area contributed by atoms with Gasteiger partial charge in [0.2, 0.25) is 5.90 Å². The third kappa shape index (κ3) is 3.44. The maximum absolute atomic E-state index is 13.4. The van der Waals surface area contributed by atoms with E-state index < -0.39 is 24.2 Å². The summed E-state index contributed by atoms with van der Waals surface area (Å²) in [6.07, 6.45) is -3.01. The minimum absolute atomic E-state index is 0.0164. The van der Waals surface area contributed by atoms with E-state index in [1.807, 2.05) is 0 Å². The van der Waals surface area contributed by atoms with Gasteiger partial charge in [0.1, 0.15) is 0 Å². The van der Waals surface area contributed by atoms with E-state index in [1.54, 1.807) is 0 Å². The van der Waals surface area contributed by atoms with Gasteiger partial charge in [0.25, 0.3) is 5.91 Å². The number of aromatic nitrogens is 2. The monoisotopic (exact) mass is 360 g/mol. The molecule has 132 valence electrons. The van der Waals surface area contributed by atoms with Crippen molar-refractivity contribution in [3.63, 3.8) is 0 Å². The Kier molecular flexibility index (Phi) is 4.15. The predicted molar refractivity (Wildman–Crippen MR) is 74.5 cm³/mol. The van der Waals surface area contributed by atoms with Gasteiger partial charge >= 0.3 is 12.7 Å². The molecule has 1 aliphatic heterocycles. The Morgan fingerprint density at radius 3 is 2.56 bits per heavy atom. The van der Waals surface area contributed by atoms with Crippen LogP contribution in [0.3, 0.4) is 0 Å². The van der Waals surface area contributed by atoms with E-state index in [-0.39, 0.29) is 33.9 Å². The standard InChI is InChI=1S/C14H9F5N4O2/c15-13(16)23-5-8(4-20-23)9-2-1-7(3-10(9)14(17,18)19)12-22-21-11(24)6-25-12/h1-5,13H,6H2,(H,21,24). The third-order valence-electron chi connectivity index (χ3n) is 3.31. The Hall–Kier alpha value is -2.98. The number of carbonyl (C=O) groups is 1. The number of amides is 1. The Morgan fingerprint density at radius 1 is 1.24 bits per heavy atom. The second-order valence-corrected chi connectivity index (χ2v) is 4.99. The number of nitrogens with zero attached hydrogens (tertiary/aromatic N) is 3. The molecular formula is C14H9F5N4O2. The van der Waals surface area contributed by atoms with Gasteiger partial charge in [0, 0.05) is 17.3 Å². The quantitative estimate of drug-likeness (QED) is 0.856. The molecule has 0 saturated carbocycles. The zero-order valence-corrected chi connectivity index (χ0v) is 12.2. The van der Waals surface area contributed by atoms with E-state index in [1.165, 1.54) is 6.07 Å². The average molecular weight is 360 g/mol. The summed E-state index contributed by atoms with van der Waals surface area (Å²) < 4.78 is 70.5. The van der Waals surface area contributed by atoms with Gasteiger partial charge in [-0.1, -0.05) is 6.07 Å². The van der Waals surface area contributed by atoms with Crippen molar-refractivity contribution in [1.82, 2.24) is 15.2 Å². The Bertz CT molecular complexity index is 844. The van der Waals surface area contributed by atoms with Gasteiger partial charge in [-0.3, -0.25) is 4.79 Å². The van der Waals surface area contributed by atoms with Crippen LogP contribution in [0.2, 0.25) is 0 Å². The van der Waals surface area contributed by atoms with Gasteiger partial charge in [0.15, 0.2) is 6.61 Å². The largest absolute Gasteiger partial charge is 0.466 e. The minimum Gasteiger partial charge on any atom is -0.466 e. The lowest BCUT2D eigenvalue weighted by Crippen LogP contribution is -2.32.